The van der Waals surface area contributed by atoms with Gasteiger partial charge < -0.3 is 0 Å². The standard InChI is InChI=1S/C6H8F5S5/c1-2-3-4(12-7)6(15-10,16-11)5(13-8)14-9/h4H,2-3H2,1H3. The zero-order valence-electron chi connectivity index (χ0n) is 7.92. The highest BCUT2D eigenvalue weighted by Gasteiger charge is 2.53. The lowest BCUT2D eigenvalue weighted by molar-refractivity contribution is 0.680. The molecule has 0 aromatic heterocycles. The average molecular weight is 335 g/mol. The van der Waals surface area contributed by atoms with E-state index >= 15 is 0 Å². The lowest BCUT2D eigenvalue weighted by Gasteiger charge is -2.32. The van der Waals surface area contributed by atoms with Crippen molar-refractivity contribution in [2.24, 2.45) is 0 Å². The molecular weight excluding hydrogens is 327 g/mol. The van der Waals surface area contributed by atoms with Crippen LogP contribution in [0.25, 0.3) is 0 Å². The molecule has 0 amide bonds. The van der Waals surface area contributed by atoms with E-state index in [0.717, 1.165) is 0 Å². The Hall–Kier alpha value is 1.40. The van der Waals surface area contributed by atoms with Crippen LogP contribution in [0.3, 0.4) is 0 Å². The first-order valence-corrected chi connectivity index (χ1v) is 7.63. The van der Waals surface area contributed by atoms with Gasteiger partial charge in [-0.15, -0.1) is 0 Å². The molecule has 10 heteroatoms. The van der Waals surface area contributed by atoms with Gasteiger partial charge in [-0.25, -0.2) is 0 Å². The second-order valence-corrected chi connectivity index (χ2v) is 6.62. The Balaban J connectivity index is 5.01. The van der Waals surface area contributed by atoms with Crippen LogP contribution in [0.4, 0.5) is 19.4 Å². The maximum Gasteiger partial charge on any atom is 0.185 e. The van der Waals surface area contributed by atoms with E-state index in [1.54, 1.807) is 6.92 Å². The van der Waals surface area contributed by atoms with E-state index in [1.807, 2.05) is 0 Å². The molecule has 0 heterocycles. The van der Waals surface area contributed by atoms with E-state index in [4.69, 9.17) is 0 Å². The van der Waals surface area contributed by atoms with Crippen molar-refractivity contribution in [2.45, 2.75) is 29.1 Å². The molecule has 1 radical (unpaired) electrons. The second kappa shape index (κ2) is 9.35. The minimum absolute atomic E-state index is 0.111. The van der Waals surface area contributed by atoms with Crippen molar-refractivity contribution in [1.29, 1.82) is 0 Å². The molecule has 0 spiro atoms. The summed E-state index contributed by atoms with van der Waals surface area (Å²) in [6.45, 7) is 1.69. The molecule has 0 aliphatic rings. The minimum atomic E-state index is -2.20. The predicted octanol–water partition coefficient (Wildman–Crippen LogP) is 6.43. The SMILES string of the molecule is CCCC(SF)C(SF)(SF)[C](SF)SF. The number of halogens is 5. The first-order valence-electron chi connectivity index (χ1n) is 3.98. The van der Waals surface area contributed by atoms with Crippen LogP contribution in [0.2, 0.25) is 0 Å². The minimum Gasteiger partial charge on any atom is -0.165 e. The van der Waals surface area contributed by atoms with E-state index < -0.39 is 62.5 Å². The number of hydrogen-bond donors (Lipinski definition) is 0. The lowest BCUT2D eigenvalue weighted by atomic mass is 10.2. The van der Waals surface area contributed by atoms with Crippen LogP contribution >= 0.6 is 60.7 Å². The molecule has 0 nitrogen and oxygen atoms in total. The van der Waals surface area contributed by atoms with Crippen LogP contribution in [0.1, 0.15) is 19.8 Å². The van der Waals surface area contributed by atoms with Gasteiger partial charge in [0.05, 0.1) is 66.0 Å². The van der Waals surface area contributed by atoms with Crippen LogP contribution < -0.4 is 0 Å². The summed E-state index contributed by atoms with van der Waals surface area (Å²) in [6.07, 6.45) is 0.561. The normalized spacial score (nSPS) is 14.4. The highest BCUT2D eigenvalue weighted by Crippen LogP contribution is 2.61. The monoisotopic (exact) mass is 335 g/mol. The smallest absolute Gasteiger partial charge is 0.165 e. The molecule has 0 bridgehead atoms. The van der Waals surface area contributed by atoms with Crippen LogP contribution in [-0.2, 0) is 0 Å². The largest absolute Gasteiger partial charge is 0.185 e. The third-order valence-corrected chi connectivity index (χ3v) is 6.47. The first-order chi connectivity index (χ1) is 7.66. The maximum atomic E-state index is 12.8. The molecule has 0 N–H and O–H groups in total. The van der Waals surface area contributed by atoms with E-state index in [0.29, 0.717) is 6.42 Å². The summed E-state index contributed by atoms with van der Waals surface area (Å²) < 4.78 is 60.0. The van der Waals surface area contributed by atoms with Crippen molar-refractivity contribution in [3.05, 3.63) is 4.58 Å². The molecule has 1 unspecified atom stereocenters. The molecule has 0 aromatic rings. The summed E-state index contributed by atoms with van der Waals surface area (Å²) in [5.74, 6) is 0. The van der Waals surface area contributed by atoms with Gasteiger partial charge in [0.25, 0.3) is 0 Å². The summed E-state index contributed by atoms with van der Waals surface area (Å²) in [7, 11) is 0. The van der Waals surface area contributed by atoms with E-state index in [-0.39, 0.29) is 18.6 Å². The van der Waals surface area contributed by atoms with Crippen molar-refractivity contribution in [1.82, 2.24) is 0 Å². The van der Waals surface area contributed by atoms with E-state index in [1.165, 1.54) is 0 Å². The molecule has 0 rings (SSSR count). The fourth-order valence-corrected chi connectivity index (χ4v) is 4.13. The van der Waals surface area contributed by atoms with Crippen molar-refractivity contribution in [3.63, 3.8) is 0 Å². The fraction of sp³-hybridized carbons (Fsp3) is 0.833. The Morgan fingerprint density at radius 3 is 1.81 bits per heavy atom. The van der Waals surface area contributed by atoms with Crippen molar-refractivity contribution < 1.29 is 19.4 Å². The summed E-state index contributed by atoms with van der Waals surface area (Å²) in [5, 5.41) is -1.19. The second-order valence-electron chi connectivity index (χ2n) is 2.63. The van der Waals surface area contributed by atoms with Gasteiger partial charge in [-0.2, -0.15) is 19.4 Å². The third-order valence-electron chi connectivity index (χ3n) is 1.74. The third kappa shape index (κ3) is 3.96. The Bertz CT molecular complexity index is 177. The van der Waals surface area contributed by atoms with Crippen LogP contribution in [0.15, 0.2) is 0 Å². The van der Waals surface area contributed by atoms with Crippen molar-refractivity contribution in [2.75, 3.05) is 0 Å². The summed E-state index contributed by atoms with van der Waals surface area (Å²) in [4.78, 5) is 0. The zero-order chi connectivity index (χ0) is 12.6. The molecule has 0 saturated heterocycles. The Morgan fingerprint density at radius 1 is 1.06 bits per heavy atom. The Kier molecular flexibility index (Phi) is 10.2. The molecule has 0 saturated carbocycles. The molecule has 1 atom stereocenters. The average Bonchev–Trinajstić information content (AvgIpc) is 2.33. The quantitative estimate of drug-likeness (QED) is 0.351. The van der Waals surface area contributed by atoms with Gasteiger partial charge in [-0.05, 0) is 6.42 Å². The topological polar surface area (TPSA) is 0 Å². The molecule has 0 fully saturated rings. The van der Waals surface area contributed by atoms with Gasteiger partial charge in [-0.3, -0.25) is 0 Å². The van der Waals surface area contributed by atoms with Crippen LogP contribution in [0, 0.1) is 4.58 Å². The van der Waals surface area contributed by atoms with E-state index in [9.17, 15) is 19.4 Å². The molecular formula is C6H8F5S5. The van der Waals surface area contributed by atoms with Gasteiger partial charge in [0.2, 0.25) is 0 Å². The maximum absolute atomic E-state index is 12.8. The Morgan fingerprint density at radius 2 is 1.56 bits per heavy atom. The van der Waals surface area contributed by atoms with Gasteiger partial charge in [-0.1, -0.05) is 13.3 Å². The highest BCUT2D eigenvalue weighted by atomic mass is 32.3. The summed E-state index contributed by atoms with van der Waals surface area (Å²) in [5.41, 5.74) is 0. The number of rotatable bonds is 9. The Labute approximate surface area is 113 Å². The zero-order valence-corrected chi connectivity index (χ0v) is 12.0. The molecule has 97 valence electrons. The van der Waals surface area contributed by atoms with Gasteiger partial charge in [0.1, 0.15) is 0 Å². The van der Waals surface area contributed by atoms with Gasteiger partial charge in [0.15, 0.2) is 8.66 Å². The lowest BCUT2D eigenvalue weighted by Crippen LogP contribution is -2.35. The number of hydrogen-bond acceptors (Lipinski definition) is 5. The molecule has 0 aliphatic carbocycles. The van der Waals surface area contributed by atoms with Gasteiger partial charge >= 0.3 is 0 Å². The van der Waals surface area contributed by atoms with E-state index in [2.05, 4.69) is 0 Å². The fourth-order valence-electron chi connectivity index (χ4n) is 0.981. The van der Waals surface area contributed by atoms with Crippen molar-refractivity contribution >= 4 is 60.7 Å². The first kappa shape index (κ1) is 17.4. The van der Waals surface area contributed by atoms with Crippen LogP contribution in [-0.4, -0.2) is 9.33 Å². The predicted molar refractivity (Wildman–Crippen MR) is 68.2 cm³/mol. The summed E-state index contributed by atoms with van der Waals surface area (Å²) >= 11 is -2.66. The molecule has 0 aliphatic heterocycles. The van der Waals surface area contributed by atoms with Crippen LogP contribution in [0.5, 0.6) is 0 Å². The molecule has 16 heavy (non-hydrogen) atoms. The van der Waals surface area contributed by atoms with Crippen molar-refractivity contribution in [3.8, 4) is 0 Å². The summed E-state index contributed by atoms with van der Waals surface area (Å²) in [6, 6.07) is 0. The van der Waals surface area contributed by atoms with Gasteiger partial charge in [0, 0.05) is 0 Å². The highest BCUT2D eigenvalue weighted by molar-refractivity contribution is 8.23. The molecule has 0 aromatic carbocycles.